The minimum absolute atomic E-state index is 0.0437. The van der Waals surface area contributed by atoms with E-state index in [9.17, 15) is 4.79 Å². The number of methoxy groups -OCH3 is 1. The molecule has 3 rings (SSSR count). The third kappa shape index (κ3) is 4.93. The van der Waals surface area contributed by atoms with Crippen molar-refractivity contribution in [2.75, 3.05) is 37.0 Å². The number of pyridine rings is 1. The third-order valence-corrected chi connectivity index (χ3v) is 4.30. The summed E-state index contributed by atoms with van der Waals surface area (Å²) >= 11 is 0. The van der Waals surface area contributed by atoms with Gasteiger partial charge in [-0.2, -0.15) is 0 Å². The zero-order chi connectivity index (χ0) is 17.5. The maximum atomic E-state index is 12.0. The Kier molecular flexibility index (Phi) is 5.85. The number of nitrogens with zero attached hydrogens (tertiary/aromatic N) is 2. The van der Waals surface area contributed by atoms with Gasteiger partial charge in [0.05, 0.1) is 12.3 Å². The lowest BCUT2D eigenvalue weighted by molar-refractivity contribution is -0.118. The second-order valence-corrected chi connectivity index (χ2v) is 5.99. The lowest BCUT2D eigenvalue weighted by Crippen LogP contribution is -2.36. The number of aromatic nitrogens is 1. The van der Waals surface area contributed by atoms with E-state index in [1.165, 1.54) is 5.69 Å². The van der Waals surface area contributed by atoms with Crippen molar-refractivity contribution in [3.63, 3.8) is 0 Å². The molecule has 2 heterocycles. The molecule has 0 atom stereocenters. The lowest BCUT2D eigenvalue weighted by atomic mass is 10.1. The Hall–Kier alpha value is -2.60. The van der Waals surface area contributed by atoms with Gasteiger partial charge in [-0.1, -0.05) is 0 Å². The molecule has 1 aromatic carbocycles. The molecular formula is C19H23N3O3. The van der Waals surface area contributed by atoms with Crippen LogP contribution in [-0.2, 0) is 9.53 Å². The van der Waals surface area contributed by atoms with Crippen molar-refractivity contribution >= 4 is 17.3 Å². The van der Waals surface area contributed by atoms with Gasteiger partial charge in [-0.25, -0.2) is 0 Å². The van der Waals surface area contributed by atoms with Crippen LogP contribution in [0.4, 0.5) is 11.4 Å². The van der Waals surface area contributed by atoms with Gasteiger partial charge in [0.25, 0.3) is 5.91 Å². The van der Waals surface area contributed by atoms with Crippen molar-refractivity contribution in [1.29, 1.82) is 0 Å². The Morgan fingerprint density at radius 3 is 2.64 bits per heavy atom. The number of hydrogen-bond acceptors (Lipinski definition) is 5. The van der Waals surface area contributed by atoms with Gasteiger partial charge in [0.15, 0.2) is 6.61 Å². The quantitative estimate of drug-likeness (QED) is 0.875. The molecule has 1 aromatic heterocycles. The fraction of sp³-hybridized carbons (Fsp3) is 0.368. The van der Waals surface area contributed by atoms with E-state index in [1.54, 1.807) is 31.6 Å². The normalized spacial score (nSPS) is 15.0. The summed E-state index contributed by atoms with van der Waals surface area (Å²) in [6.45, 7) is 1.93. The molecule has 0 bridgehead atoms. The van der Waals surface area contributed by atoms with Gasteiger partial charge >= 0.3 is 0 Å². The number of benzene rings is 1. The highest BCUT2D eigenvalue weighted by atomic mass is 16.5. The van der Waals surface area contributed by atoms with Crippen LogP contribution in [0.5, 0.6) is 5.75 Å². The molecule has 1 aliphatic rings. The molecule has 2 aromatic rings. The molecule has 0 radical (unpaired) electrons. The monoisotopic (exact) mass is 341 g/mol. The van der Waals surface area contributed by atoms with E-state index in [-0.39, 0.29) is 12.5 Å². The zero-order valence-corrected chi connectivity index (χ0v) is 14.4. The van der Waals surface area contributed by atoms with E-state index in [0.717, 1.165) is 31.6 Å². The maximum Gasteiger partial charge on any atom is 0.262 e. The Balaban J connectivity index is 1.48. The molecule has 1 saturated heterocycles. The van der Waals surface area contributed by atoms with Crippen molar-refractivity contribution in [2.24, 2.45) is 0 Å². The van der Waals surface area contributed by atoms with E-state index in [2.05, 4.69) is 15.2 Å². The molecule has 1 aliphatic heterocycles. The van der Waals surface area contributed by atoms with Crippen molar-refractivity contribution < 1.29 is 14.3 Å². The fourth-order valence-electron chi connectivity index (χ4n) is 2.88. The fourth-order valence-corrected chi connectivity index (χ4v) is 2.88. The van der Waals surface area contributed by atoms with Gasteiger partial charge in [-0.15, -0.1) is 0 Å². The summed E-state index contributed by atoms with van der Waals surface area (Å²) in [4.78, 5) is 18.2. The van der Waals surface area contributed by atoms with Crippen molar-refractivity contribution in [3.05, 3.63) is 48.8 Å². The lowest BCUT2D eigenvalue weighted by Gasteiger charge is -2.33. The number of amides is 1. The van der Waals surface area contributed by atoms with E-state index in [1.807, 2.05) is 24.3 Å². The molecule has 0 unspecified atom stereocenters. The number of rotatable bonds is 6. The first kappa shape index (κ1) is 17.2. The number of carbonyl (C=O) groups excluding carboxylic acids is 1. The molecule has 132 valence electrons. The molecular weight excluding hydrogens is 318 g/mol. The minimum Gasteiger partial charge on any atom is -0.482 e. The summed E-state index contributed by atoms with van der Waals surface area (Å²) in [6, 6.07) is 11.4. The predicted octanol–water partition coefficient (Wildman–Crippen LogP) is 2.71. The highest BCUT2D eigenvalue weighted by molar-refractivity contribution is 5.92. The maximum absolute atomic E-state index is 12.0. The molecule has 6 heteroatoms. The first-order valence-electron chi connectivity index (χ1n) is 8.45. The smallest absolute Gasteiger partial charge is 0.262 e. The Morgan fingerprint density at radius 1 is 1.24 bits per heavy atom. The molecule has 1 amide bonds. The molecule has 0 spiro atoms. The van der Waals surface area contributed by atoms with Gasteiger partial charge in [0.2, 0.25) is 0 Å². The number of hydrogen-bond donors (Lipinski definition) is 1. The Labute approximate surface area is 147 Å². The zero-order valence-electron chi connectivity index (χ0n) is 14.4. The third-order valence-electron chi connectivity index (χ3n) is 4.30. The van der Waals surface area contributed by atoms with Crippen LogP contribution in [0.2, 0.25) is 0 Å². The number of nitrogens with one attached hydrogen (secondary N) is 1. The van der Waals surface area contributed by atoms with Gasteiger partial charge in [0, 0.05) is 37.8 Å². The molecule has 6 nitrogen and oxygen atoms in total. The standard InChI is InChI=1S/C19H23N3O3/c1-24-17-8-11-22(12-9-17)16-6-4-15(5-7-16)21-19(23)14-25-18-3-2-10-20-13-18/h2-7,10,13,17H,8-9,11-12,14H2,1H3,(H,21,23). The second-order valence-electron chi connectivity index (χ2n) is 5.99. The van der Waals surface area contributed by atoms with Gasteiger partial charge in [0.1, 0.15) is 5.75 Å². The van der Waals surface area contributed by atoms with Gasteiger partial charge < -0.3 is 19.7 Å². The van der Waals surface area contributed by atoms with E-state index >= 15 is 0 Å². The summed E-state index contributed by atoms with van der Waals surface area (Å²) in [7, 11) is 1.77. The molecule has 0 saturated carbocycles. The van der Waals surface area contributed by atoms with Crippen LogP contribution in [0, 0.1) is 0 Å². The van der Waals surface area contributed by atoms with Crippen LogP contribution in [-0.4, -0.2) is 43.8 Å². The number of anilines is 2. The first-order chi connectivity index (χ1) is 12.2. The number of ether oxygens (including phenoxy) is 2. The summed E-state index contributed by atoms with van der Waals surface area (Å²) in [5, 5.41) is 2.84. The van der Waals surface area contributed by atoms with Crippen molar-refractivity contribution in [1.82, 2.24) is 4.98 Å². The molecule has 25 heavy (non-hydrogen) atoms. The largest absolute Gasteiger partial charge is 0.482 e. The number of carbonyl (C=O) groups is 1. The SMILES string of the molecule is COC1CCN(c2ccc(NC(=O)COc3cccnc3)cc2)CC1. The predicted molar refractivity (Wildman–Crippen MR) is 97.0 cm³/mol. The van der Waals surface area contributed by atoms with Gasteiger partial charge in [-0.05, 0) is 49.2 Å². The first-order valence-corrected chi connectivity index (χ1v) is 8.45. The summed E-state index contributed by atoms with van der Waals surface area (Å²) in [5.74, 6) is 0.380. The van der Waals surface area contributed by atoms with Crippen LogP contribution in [0.15, 0.2) is 48.8 Å². The van der Waals surface area contributed by atoms with E-state index < -0.39 is 0 Å². The Bertz CT molecular complexity index is 668. The Morgan fingerprint density at radius 2 is 2.00 bits per heavy atom. The van der Waals surface area contributed by atoms with Gasteiger partial charge in [-0.3, -0.25) is 9.78 Å². The summed E-state index contributed by atoms with van der Waals surface area (Å²) in [5.41, 5.74) is 1.93. The molecule has 1 fully saturated rings. The van der Waals surface area contributed by atoms with Crippen LogP contribution >= 0.6 is 0 Å². The summed E-state index contributed by atoms with van der Waals surface area (Å²) in [6.07, 6.45) is 5.69. The van der Waals surface area contributed by atoms with Crippen molar-refractivity contribution in [3.8, 4) is 5.75 Å². The van der Waals surface area contributed by atoms with E-state index in [4.69, 9.17) is 9.47 Å². The second kappa shape index (κ2) is 8.48. The van der Waals surface area contributed by atoms with Crippen LogP contribution in [0.25, 0.3) is 0 Å². The van der Waals surface area contributed by atoms with Crippen LogP contribution in [0.3, 0.4) is 0 Å². The molecule has 0 aliphatic carbocycles. The highest BCUT2D eigenvalue weighted by Gasteiger charge is 2.18. The van der Waals surface area contributed by atoms with Crippen LogP contribution in [0.1, 0.15) is 12.8 Å². The average Bonchev–Trinajstić information content (AvgIpc) is 2.68. The van der Waals surface area contributed by atoms with E-state index in [0.29, 0.717) is 11.9 Å². The number of piperidine rings is 1. The minimum atomic E-state index is -0.197. The molecule has 1 N–H and O–H groups in total. The van der Waals surface area contributed by atoms with Crippen molar-refractivity contribution in [2.45, 2.75) is 18.9 Å². The topological polar surface area (TPSA) is 63.7 Å². The highest BCUT2D eigenvalue weighted by Crippen LogP contribution is 2.23. The average molecular weight is 341 g/mol. The van der Waals surface area contributed by atoms with Crippen LogP contribution < -0.4 is 15.0 Å². The summed E-state index contributed by atoms with van der Waals surface area (Å²) < 4.78 is 10.8.